The zero-order valence-corrected chi connectivity index (χ0v) is 15.8. The van der Waals surface area contributed by atoms with Crippen molar-refractivity contribution in [3.63, 3.8) is 0 Å². The van der Waals surface area contributed by atoms with Gasteiger partial charge in [-0.1, -0.05) is 6.92 Å². The topological polar surface area (TPSA) is 104 Å². The van der Waals surface area contributed by atoms with Crippen molar-refractivity contribution in [2.24, 2.45) is 0 Å². The maximum Gasteiger partial charge on any atom is 0.182 e. The van der Waals surface area contributed by atoms with Crippen LogP contribution in [0.25, 0.3) is 11.2 Å². The fraction of sp³-hybridized carbons (Fsp3) is 0.222. The number of fused-ring (bicyclic) bond motifs is 1. The first kappa shape index (κ1) is 18.6. The SMILES string of the molecule is CCCNC(=S)Nc1ccc2ncc(Nc3ccc(O)c(OC)c3)nc2n1. The molecular formula is C18H20N6O2S. The lowest BCUT2D eigenvalue weighted by atomic mass is 10.2. The molecule has 9 heteroatoms. The van der Waals surface area contributed by atoms with E-state index in [2.05, 4.69) is 37.8 Å². The Hall–Kier alpha value is -3.20. The summed E-state index contributed by atoms with van der Waals surface area (Å²) in [5, 5.41) is 19.4. The van der Waals surface area contributed by atoms with E-state index in [0.717, 1.165) is 13.0 Å². The Bertz CT molecular complexity index is 966. The monoisotopic (exact) mass is 384 g/mol. The number of phenols is 1. The second-order valence-electron chi connectivity index (χ2n) is 5.69. The molecule has 0 atom stereocenters. The van der Waals surface area contributed by atoms with Gasteiger partial charge in [0.15, 0.2) is 28.1 Å². The van der Waals surface area contributed by atoms with E-state index in [9.17, 15) is 5.11 Å². The average molecular weight is 384 g/mol. The number of nitrogens with zero attached hydrogens (tertiary/aromatic N) is 3. The van der Waals surface area contributed by atoms with Gasteiger partial charge < -0.3 is 25.8 Å². The first-order valence-electron chi connectivity index (χ1n) is 8.41. The van der Waals surface area contributed by atoms with Gasteiger partial charge in [0.25, 0.3) is 0 Å². The average Bonchev–Trinajstić information content (AvgIpc) is 2.67. The van der Waals surface area contributed by atoms with Gasteiger partial charge in [-0.15, -0.1) is 0 Å². The van der Waals surface area contributed by atoms with Gasteiger partial charge in [-0.3, -0.25) is 0 Å². The number of thiocarbonyl (C=S) groups is 1. The van der Waals surface area contributed by atoms with Crippen LogP contribution in [0.3, 0.4) is 0 Å². The van der Waals surface area contributed by atoms with Crippen molar-refractivity contribution in [2.45, 2.75) is 13.3 Å². The molecule has 2 aromatic heterocycles. The molecule has 0 aliphatic carbocycles. The molecule has 27 heavy (non-hydrogen) atoms. The van der Waals surface area contributed by atoms with Crippen molar-refractivity contribution in [3.8, 4) is 11.5 Å². The molecule has 3 rings (SSSR count). The van der Waals surface area contributed by atoms with E-state index < -0.39 is 0 Å². The van der Waals surface area contributed by atoms with E-state index >= 15 is 0 Å². The predicted molar refractivity (Wildman–Crippen MR) is 110 cm³/mol. The number of pyridine rings is 1. The lowest BCUT2D eigenvalue weighted by Crippen LogP contribution is -2.29. The number of hydrogen-bond acceptors (Lipinski definition) is 7. The second-order valence-corrected chi connectivity index (χ2v) is 6.10. The molecule has 1 aromatic carbocycles. The van der Waals surface area contributed by atoms with Crippen LogP contribution in [0.4, 0.5) is 17.3 Å². The molecule has 2 heterocycles. The highest BCUT2D eigenvalue weighted by Crippen LogP contribution is 2.29. The summed E-state index contributed by atoms with van der Waals surface area (Å²) in [6.45, 7) is 2.86. The van der Waals surface area contributed by atoms with Crippen LogP contribution in [0.5, 0.6) is 11.5 Å². The molecule has 0 saturated heterocycles. The number of phenolic OH excluding ortho intramolecular Hbond substituents is 1. The van der Waals surface area contributed by atoms with Crippen molar-refractivity contribution >= 4 is 45.8 Å². The third kappa shape index (κ3) is 4.70. The summed E-state index contributed by atoms with van der Waals surface area (Å²) >= 11 is 5.23. The van der Waals surface area contributed by atoms with Crippen LogP contribution < -0.4 is 20.7 Å². The molecule has 0 unspecified atom stereocenters. The molecule has 4 N–H and O–H groups in total. The maximum atomic E-state index is 9.69. The Labute approximate surface area is 162 Å². The van der Waals surface area contributed by atoms with Gasteiger partial charge >= 0.3 is 0 Å². The fourth-order valence-electron chi connectivity index (χ4n) is 2.33. The quantitative estimate of drug-likeness (QED) is 0.377. The normalized spacial score (nSPS) is 10.4. The molecule has 0 saturated carbocycles. The minimum absolute atomic E-state index is 0.0673. The minimum atomic E-state index is 0.0673. The van der Waals surface area contributed by atoms with Gasteiger partial charge in [-0.2, -0.15) is 0 Å². The van der Waals surface area contributed by atoms with Crippen LogP contribution in [0.15, 0.2) is 36.5 Å². The smallest absolute Gasteiger partial charge is 0.182 e. The van der Waals surface area contributed by atoms with Crippen molar-refractivity contribution < 1.29 is 9.84 Å². The summed E-state index contributed by atoms with van der Waals surface area (Å²) in [6.07, 6.45) is 2.60. The number of hydrogen-bond donors (Lipinski definition) is 4. The van der Waals surface area contributed by atoms with Crippen molar-refractivity contribution in [1.82, 2.24) is 20.3 Å². The van der Waals surface area contributed by atoms with Crippen LogP contribution in [0.1, 0.15) is 13.3 Å². The maximum absolute atomic E-state index is 9.69. The third-order valence-corrected chi connectivity index (χ3v) is 3.88. The van der Waals surface area contributed by atoms with Crippen LogP contribution in [0.2, 0.25) is 0 Å². The molecule has 0 fully saturated rings. The first-order valence-corrected chi connectivity index (χ1v) is 8.82. The zero-order chi connectivity index (χ0) is 19.2. The first-order chi connectivity index (χ1) is 13.1. The van der Waals surface area contributed by atoms with Gasteiger partial charge in [0.05, 0.1) is 13.3 Å². The standard InChI is InChI=1S/C18H20N6O2S/c1-3-8-19-18(27)24-15-7-5-12-17(22-15)23-16(10-20-12)21-11-4-6-13(25)14(9-11)26-2/h4-7,9-10,25H,3,8H2,1-2H3,(H3,19,21,22,23,24,27). The van der Waals surface area contributed by atoms with E-state index in [-0.39, 0.29) is 5.75 Å². The number of aromatic hydroxyl groups is 1. The summed E-state index contributed by atoms with van der Waals surface area (Å²) in [7, 11) is 1.49. The van der Waals surface area contributed by atoms with Crippen molar-refractivity contribution in [3.05, 3.63) is 36.5 Å². The van der Waals surface area contributed by atoms with Gasteiger partial charge in [0, 0.05) is 18.3 Å². The summed E-state index contributed by atoms with van der Waals surface area (Å²) in [4.78, 5) is 13.3. The van der Waals surface area contributed by atoms with Gasteiger partial charge in [-0.05, 0) is 42.9 Å². The summed E-state index contributed by atoms with van der Waals surface area (Å²) in [5.74, 6) is 1.55. The highest BCUT2D eigenvalue weighted by molar-refractivity contribution is 7.80. The van der Waals surface area contributed by atoms with Crippen LogP contribution >= 0.6 is 12.2 Å². The molecular weight excluding hydrogens is 364 g/mol. The van der Waals surface area contributed by atoms with Gasteiger partial charge in [-0.25, -0.2) is 15.0 Å². The number of benzene rings is 1. The highest BCUT2D eigenvalue weighted by atomic mass is 32.1. The lowest BCUT2D eigenvalue weighted by Gasteiger charge is -2.10. The molecule has 0 amide bonds. The van der Waals surface area contributed by atoms with E-state index in [1.54, 1.807) is 30.5 Å². The number of methoxy groups -OCH3 is 1. The molecule has 8 nitrogen and oxygen atoms in total. The Balaban J connectivity index is 1.80. The second kappa shape index (κ2) is 8.45. The van der Waals surface area contributed by atoms with E-state index in [1.165, 1.54) is 7.11 Å². The fourth-order valence-corrected chi connectivity index (χ4v) is 2.54. The number of ether oxygens (including phenoxy) is 1. The van der Waals surface area contributed by atoms with E-state index in [1.807, 2.05) is 6.07 Å². The molecule has 3 aromatic rings. The van der Waals surface area contributed by atoms with E-state index in [0.29, 0.717) is 39.3 Å². The Kier molecular flexibility index (Phi) is 5.82. The Morgan fingerprint density at radius 2 is 2.00 bits per heavy atom. The summed E-state index contributed by atoms with van der Waals surface area (Å²) in [6, 6.07) is 8.56. The molecule has 140 valence electrons. The molecule has 0 spiro atoms. The molecule has 0 aliphatic heterocycles. The Morgan fingerprint density at radius 3 is 2.78 bits per heavy atom. The number of anilines is 3. The van der Waals surface area contributed by atoms with E-state index in [4.69, 9.17) is 17.0 Å². The summed E-state index contributed by atoms with van der Waals surface area (Å²) in [5.41, 5.74) is 1.85. The lowest BCUT2D eigenvalue weighted by molar-refractivity contribution is 0.374. The van der Waals surface area contributed by atoms with Crippen molar-refractivity contribution in [1.29, 1.82) is 0 Å². The largest absolute Gasteiger partial charge is 0.504 e. The minimum Gasteiger partial charge on any atom is -0.504 e. The molecule has 0 bridgehead atoms. The molecule has 0 aliphatic rings. The summed E-state index contributed by atoms with van der Waals surface area (Å²) < 4.78 is 5.11. The number of rotatable bonds is 6. The molecule has 0 radical (unpaired) electrons. The number of aromatic nitrogens is 3. The predicted octanol–water partition coefficient (Wildman–Crippen LogP) is 3.18. The third-order valence-electron chi connectivity index (χ3n) is 3.64. The van der Waals surface area contributed by atoms with Crippen LogP contribution in [-0.2, 0) is 0 Å². The van der Waals surface area contributed by atoms with Crippen molar-refractivity contribution in [2.75, 3.05) is 24.3 Å². The van der Waals surface area contributed by atoms with Gasteiger partial charge in [0.1, 0.15) is 11.3 Å². The van der Waals surface area contributed by atoms with Crippen LogP contribution in [-0.4, -0.2) is 38.8 Å². The van der Waals surface area contributed by atoms with Gasteiger partial charge in [0.2, 0.25) is 0 Å². The highest BCUT2D eigenvalue weighted by Gasteiger charge is 2.07. The number of nitrogens with one attached hydrogen (secondary N) is 3. The van der Waals surface area contributed by atoms with Crippen LogP contribution in [0, 0.1) is 0 Å². The Morgan fingerprint density at radius 1 is 1.19 bits per heavy atom. The zero-order valence-electron chi connectivity index (χ0n) is 15.0.